The molecule has 7 heteroatoms. The zero-order valence-corrected chi connectivity index (χ0v) is 17.4. The van der Waals surface area contributed by atoms with Crippen LogP contribution in [0.4, 0.5) is 5.69 Å². The van der Waals surface area contributed by atoms with E-state index in [1.165, 1.54) is 10.6 Å². The maximum absolute atomic E-state index is 12.8. The number of aromatic nitrogens is 4. The number of nitrogens with one attached hydrogen (secondary N) is 1. The fourth-order valence-corrected chi connectivity index (χ4v) is 3.49. The minimum absolute atomic E-state index is 0.0227. The Morgan fingerprint density at radius 1 is 1.00 bits per heavy atom. The van der Waals surface area contributed by atoms with E-state index < -0.39 is 0 Å². The van der Waals surface area contributed by atoms with E-state index in [0.29, 0.717) is 17.3 Å². The van der Waals surface area contributed by atoms with Gasteiger partial charge in [-0.3, -0.25) is 9.59 Å². The minimum atomic E-state index is -0.278. The molecule has 2 aromatic heterocycles. The first-order valence-corrected chi connectivity index (χ1v) is 9.73. The fraction of sp³-hybridized carbons (Fsp3) is 0.217. The molecule has 0 spiro atoms. The standard InChI is InChI=1S/C23H23N5O2/c1-14-6-5-7-18(11-14)22-25-23-27(17(4)12-21(30)28(23)26-22)13-20(29)24-19-9-8-15(2)10-16(19)3/h5-12H,13H2,1-4H3,(H,24,29). The van der Waals surface area contributed by atoms with Crippen LogP contribution in [-0.4, -0.2) is 25.1 Å². The van der Waals surface area contributed by atoms with Crippen molar-refractivity contribution < 1.29 is 4.79 Å². The monoisotopic (exact) mass is 401 g/mol. The third-order valence-corrected chi connectivity index (χ3v) is 5.03. The molecule has 2 aromatic carbocycles. The smallest absolute Gasteiger partial charge is 0.275 e. The van der Waals surface area contributed by atoms with Gasteiger partial charge in [-0.05, 0) is 45.4 Å². The average molecular weight is 401 g/mol. The topological polar surface area (TPSA) is 81.3 Å². The van der Waals surface area contributed by atoms with Crippen LogP contribution < -0.4 is 10.9 Å². The number of amides is 1. The summed E-state index contributed by atoms with van der Waals surface area (Å²) in [5.41, 5.74) is 5.16. The molecular formula is C23H23N5O2. The molecule has 0 fully saturated rings. The number of anilines is 1. The van der Waals surface area contributed by atoms with Crippen molar-refractivity contribution in [1.82, 2.24) is 19.2 Å². The number of benzene rings is 2. The van der Waals surface area contributed by atoms with E-state index in [1.54, 1.807) is 11.5 Å². The van der Waals surface area contributed by atoms with E-state index in [4.69, 9.17) is 0 Å². The second kappa shape index (κ2) is 7.59. The van der Waals surface area contributed by atoms with Crippen molar-refractivity contribution in [2.45, 2.75) is 34.2 Å². The maximum Gasteiger partial charge on any atom is 0.275 e. The zero-order chi connectivity index (χ0) is 21.4. The van der Waals surface area contributed by atoms with Crippen LogP contribution >= 0.6 is 0 Å². The molecule has 0 unspecified atom stereocenters. The van der Waals surface area contributed by atoms with Crippen molar-refractivity contribution in [3.63, 3.8) is 0 Å². The Balaban J connectivity index is 1.71. The number of aryl methyl sites for hydroxylation is 4. The van der Waals surface area contributed by atoms with Crippen LogP contribution in [0.1, 0.15) is 22.4 Å². The summed E-state index contributed by atoms with van der Waals surface area (Å²) in [6.45, 7) is 7.76. The quantitative estimate of drug-likeness (QED) is 0.568. The Bertz CT molecular complexity index is 1330. The Morgan fingerprint density at radius 2 is 1.77 bits per heavy atom. The van der Waals surface area contributed by atoms with E-state index in [2.05, 4.69) is 15.4 Å². The van der Waals surface area contributed by atoms with Crippen molar-refractivity contribution in [3.8, 4) is 11.4 Å². The third kappa shape index (κ3) is 3.74. The molecule has 0 atom stereocenters. The molecule has 0 aliphatic carbocycles. The second-order valence-corrected chi connectivity index (χ2v) is 7.59. The Kier molecular flexibility index (Phi) is 4.95. The van der Waals surface area contributed by atoms with Gasteiger partial charge in [0.25, 0.3) is 5.56 Å². The summed E-state index contributed by atoms with van der Waals surface area (Å²) in [7, 11) is 0. The van der Waals surface area contributed by atoms with Crippen molar-refractivity contribution in [2.75, 3.05) is 5.32 Å². The normalized spacial score (nSPS) is 11.1. The average Bonchev–Trinajstić information content (AvgIpc) is 3.13. The number of hydrogen-bond donors (Lipinski definition) is 1. The first kappa shape index (κ1) is 19.6. The number of hydrogen-bond acceptors (Lipinski definition) is 4. The van der Waals surface area contributed by atoms with E-state index in [9.17, 15) is 9.59 Å². The molecule has 1 amide bonds. The van der Waals surface area contributed by atoms with Crippen LogP contribution in [0.3, 0.4) is 0 Å². The molecule has 30 heavy (non-hydrogen) atoms. The van der Waals surface area contributed by atoms with Crippen LogP contribution in [0.2, 0.25) is 0 Å². The van der Waals surface area contributed by atoms with E-state index in [0.717, 1.165) is 27.9 Å². The van der Waals surface area contributed by atoms with Gasteiger partial charge in [0.1, 0.15) is 6.54 Å². The van der Waals surface area contributed by atoms with Crippen LogP contribution in [0, 0.1) is 27.7 Å². The van der Waals surface area contributed by atoms with Crippen molar-refractivity contribution in [1.29, 1.82) is 0 Å². The van der Waals surface area contributed by atoms with Gasteiger partial charge >= 0.3 is 0 Å². The summed E-state index contributed by atoms with van der Waals surface area (Å²) in [6, 6.07) is 15.1. The summed E-state index contributed by atoms with van der Waals surface area (Å²) in [6.07, 6.45) is 0. The molecule has 4 rings (SSSR count). The lowest BCUT2D eigenvalue weighted by Gasteiger charge is -2.13. The first-order valence-electron chi connectivity index (χ1n) is 9.73. The van der Waals surface area contributed by atoms with Gasteiger partial charge in [-0.2, -0.15) is 9.50 Å². The molecule has 0 saturated carbocycles. The minimum Gasteiger partial charge on any atom is -0.324 e. The molecule has 0 aliphatic rings. The third-order valence-electron chi connectivity index (χ3n) is 5.03. The molecule has 1 N–H and O–H groups in total. The lowest BCUT2D eigenvalue weighted by Crippen LogP contribution is -2.25. The van der Waals surface area contributed by atoms with E-state index in [-0.39, 0.29) is 18.0 Å². The van der Waals surface area contributed by atoms with Crippen LogP contribution in [0.25, 0.3) is 17.2 Å². The summed E-state index contributed by atoms with van der Waals surface area (Å²) >= 11 is 0. The van der Waals surface area contributed by atoms with Crippen molar-refractivity contribution >= 4 is 17.4 Å². The number of carbonyl (C=O) groups excluding carboxylic acids is 1. The molecule has 0 saturated heterocycles. The highest BCUT2D eigenvalue weighted by Gasteiger charge is 2.16. The Hall–Kier alpha value is -3.74. The van der Waals surface area contributed by atoms with Gasteiger partial charge in [-0.1, -0.05) is 41.5 Å². The van der Waals surface area contributed by atoms with Gasteiger partial charge in [-0.25, -0.2) is 0 Å². The summed E-state index contributed by atoms with van der Waals surface area (Å²) in [5, 5.41) is 7.32. The lowest BCUT2D eigenvalue weighted by atomic mass is 10.1. The summed E-state index contributed by atoms with van der Waals surface area (Å²) in [4.78, 5) is 29.8. The van der Waals surface area contributed by atoms with Gasteiger partial charge in [0.15, 0.2) is 5.82 Å². The highest BCUT2D eigenvalue weighted by molar-refractivity contribution is 5.91. The van der Waals surface area contributed by atoms with Crippen LogP contribution in [0.15, 0.2) is 53.3 Å². The maximum atomic E-state index is 12.8. The van der Waals surface area contributed by atoms with Gasteiger partial charge in [-0.15, -0.1) is 5.10 Å². The van der Waals surface area contributed by atoms with E-state index >= 15 is 0 Å². The lowest BCUT2D eigenvalue weighted by molar-refractivity contribution is -0.116. The molecule has 0 radical (unpaired) electrons. The number of rotatable bonds is 4. The highest BCUT2D eigenvalue weighted by atomic mass is 16.2. The van der Waals surface area contributed by atoms with Gasteiger partial charge in [0.2, 0.25) is 11.7 Å². The number of nitrogens with zero attached hydrogens (tertiary/aromatic N) is 4. The highest BCUT2D eigenvalue weighted by Crippen LogP contribution is 2.18. The summed E-state index contributed by atoms with van der Waals surface area (Å²) in [5.74, 6) is 0.591. The first-order chi connectivity index (χ1) is 14.3. The fourth-order valence-electron chi connectivity index (χ4n) is 3.49. The van der Waals surface area contributed by atoms with Gasteiger partial charge in [0.05, 0.1) is 0 Å². The van der Waals surface area contributed by atoms with Crippen molar-refractivity contribution in [2.24, 2.45) is 0 Å². The molecule has 0 aliphatic heterocycles. The predicted molar refractivity (Wildman–Crippen MR) is 117 cm³/mol. The Labute approximate surface area is 174 Å². The zero-order valence-electron chi connectivity index (χ0n) is 17.4. The van der Waals surface area contributed by atoms with E-state index in [1.807, 2.05) is 63.2 Å². The number of fused-ring (bicyclic) bond motifs is 1. The summed E-state index contributed by atoms with van der Waals surface area (Å²) < 4.78 is 2.95. The molecule has 0 bridgehead atoms. The van der Waals surface area contributed by atoms with Gasteiger partial charge < -0.3 is 9.88 Å². The second-order valence-electron chi connectivity index (χ2n) is 7.59. The SMILES string of the molecule is Cc1cccc(-c2nc3n(CC(=O)Nc4ccc(C)cc4C)c(C)cc(=O)n3n2)c1. The number of carbonyl (C=O) groups is 1. The predicted octanol–water partition coefficient (Wildman–Crippen LogP) is 3.43. The Morgan fingerprint density at radius 3 is 2.50 bits per heavy atom. The van der Waals surface area contributed by atoms with Crippen LogP contribution in [-0.2, 0) is 11.3 Å². The molecule has 2 heterocycles. The van der Waals surface area contributed by atoms with Crippen molar-refractivity contribution in [3.05, 3.63) is 81.3 Å². The largest absolute Gasteiger partial charge is 0.324 e. The molecular weight excluding hydrogens is 378 g/mol. The van der Waals surface area contributed by atoms with Crippen LogP contribution in [0.5, 0.6) is 0 Å². The van der Waals surface area contributed by atoms with Gasteiger partial charge in [0, 0.05) is 23.0 Å². The molecule has 7 nitrogen and oxygen atoms in total. The molecule has 152 valence electrons. The molecule has 4 aromatic rings.